The fraction of sp³-hybridized carbons (Fsp3) is 0.889. The number of likely N-dealkylation sites (tertiary alicyclic amines) is 1. The van der Waals surface area contributed by atoms with E-state index < -0.39 is 0 Å². The highest BCUT2D eigenvalue weighted by molar-refractivity contribution is 5.79. The molecule has 2 heteroatoms. The van der Waals surface area contributed by atoms with Gasteiger partial charge in [-0.25, -0.2) is 0 Å². The summed E-state index contributed by atoms with van der Waals surface area (Å²) in [5.74, 6) is 0. The lowest BCUT2D eigenvalue weighted by Crippen LogP contribution is -2.22. The van der Waals surface area contributed by atoms with E-state index in [2.05, 4.69) is 23.7 Å². The van der Waals surface area contributed by atoms with Crippen LogP contribution in [0.3, 0.4) is 0 Å². The van der Waals surface area contributed by atoms with Gasteiger partial charge in [-0.2, -0.15) is 0 Å². The molecule has 1 heterocycles. The van der Waals surface area contributed by atoms with Gasteiger partial charge >= 0.3 is 0 Å². The lowest BCUT2D eigenvalue weighted by Gasteiger charge is -2.11. The van der Waals surface area contributed by atoms with Crippen molar-refractivity contribution in [2.24, 2.45) is 4.99 Å². The standard InChI is InChI=1S/C9H18N2/c1-9(2)10-5-8-11-6-3-4-7-11/h3-8H2,1-2H3. The summed E-state index contributed by atoms with van der Waals surface area (Å²) in [6.07, 6.45) is 2.77. The molecule has 0 spiro atoms. The Labute approximate surface area is 69.3 Å². The molecule has 1 aliphatic heterocycles. The van der Waals surface area contributed by atoms with E-state index in [9.17, 15) is 0 Å². The Morgan fingerprint density at radius 2 is 1.91 bits per heavy atom. The van der Waals surface area contributed by atoms with Gasteiger partial charge in [-0.05, 0) is 39.8 Å². The normalized spacial score (nSPS) is 18.7. The third kappa shape index (κ3) is 3.51. The Bertz CT molecular complexity index is 130. The van der Waals surface area contributed by atoms with Gasteiger partial charge in [0.25, 0.3) is 0 Å². The van der Waals surface area contributed by atoms with Crippen LogP contribution in [0.4, 0.5) is 0 Å². The number of aliphatic imine (C=N–C) groups is 1. The topological polar surface area (TPSA) is 15.6 Å². The van der Waals surface area contributed by atoms with Crippen LogP contribution in [0.15, 0.2) is 4.99 Å². The summed E-state index contributed by atoms with van der Waals surface area (Å²) < 4.78 is 0. The largest absolute Gasteiger partial charge is 0.301 e. The van der Waals surface area contributed by atoms with Crippen LogP contribution in [0.1, 0.15) is 26.7 Å². The Morgan fingerprint density at radius 1 is 1.27 bits per heavy atom. The van der Waals surface area contributed by atoms with E-state index in [1.165, 1.54) is 31.6 Å². The summed E-state index contributed by atoms with van der Waals surface area (Å²) in [6, 6.07) is 0. The van der Waals surface area contributed by atoms with Crippen LogP contribution < -0.4 is 0 Å². The van der Waals surface area contributed by atoms with E-state index in [0.717, 1.165) is 13.1 Å². The Morgan fingerprint density at radius 3 is 2.45 bits per heavy atom. The monoisotopic (exact) mass is 154 g/mol. The van der Waals surface area contributed by atoms with Crippen molar-refractivity contribution in [1.29, 1.82) is 0 Å². The predicted molar refractivity (Wildman–Crippen MR) is 49.3 cm³/mol. The fourth-order valence-corrected chi connectivity index (χ4v) is 1.42. The minimum Gasteiger partial charge on any atom is -0.301 e. The molecule has 1 fully saturated rings. The van der Waals surface area contributed by atoms with Crippen molar-refractivity contribution in [3.05, 3.63) is 0 Å². The van der Waals surface area contributed by atoms with E-state index in [-0.39, 0.29) is 0 Å². The molecule has 0 unspecified atom stereocenters. The number of hydrogen-bond acceptors (Lipinski definition) is 2. The predicted octanol–water partition coefficient (Wildman–Crippen LogP) is 1.56. The molecule has 64 valence electrons. The Hall–Kier alpha value is -0.370. The summed E-state index contributed by atoms with van der Waals surface area (Å²) in [5.41, 5.74) is 1.20. The van der Waals surface area contributed by atoms with Crippen LogP contribution >= 0.6 is 0 Å². The van der Waals surface area contributed by atoms with Gasteiger partial charge in [0.15, 0.2) is 0 Å². The van der Waals surface area contributed by atoms with Crippen molar-refractivity contribution in [2.75, 3.05) is 26.2 Å². The summed E-state index contributed by atoms with van der Waals surface area (Å²) in [7, 11) is 0. The molecular formula is C9H18N2. The molecule has 0 amide bonds. The summed E-state index contributed by atoms with van der Waals surface area (Å²) in [4.78, 5) is 6.86. The lowest BCUT2D eigenvalue weighted by atomic mass is 10.4. The maximum Gasteiger partial charge on any atom is 0.0515 e. The molecule has 0 aliphatic carbocycles. The Kier molecular flexibility index (Phi) is 3.57. The van der Waals surface area contributed by atoms with Crippen LogP contribution in [0.25, 0.3) is 0 Å². The third-order valence-electron chi connectivity index (χ3n) is 2.04. The van der Waals surface area contributed by atoms with Gasteiger partial charge in [0.1, 0.15) is 0 Å². The van der Waals surface area contributed by atoms with Crippen LogP contribution in [0.5, 0.6) is 0 Å². The highest BCUT2D eigenvalue weighted by Gasteiger charge is 2.09. The van der Waals surface area contributed by atoms with Gasteiger partial charge < -0.3 is 4.90 Å². The van der Waals surface area contributed by atoms with E-state index in [1.54, 1.807) is 0 Å². The van der Waals surface area contributed by atoms with Crippen molar-refractivity contribution in [3.63, 3.8) is 0 Å². The molecule has 11 heavy (non-hydrogen) atoms. The van der Waals surface area contributed by atoms with E-state index in [0.29, 0.717) is 0 Å². The third-order valence-corrected chi connectivity index (χ3v) is 2.04. The first-order valence-corrected chi connectivity index (χ1v) is 4.49. The molecule has 0 aromatic heterocycles. The molecule has 1 saturated heterocycles. The molecule has 0 N–H and O–H groups in total. The zero-order chi connectivity index (χ0) is 8.10. The van der Waals surface area contributed by atoms with Crippen molar-refractivity contribution >= 4 is 5.71 Å². The van der Waals surface area contributed by atoms with Gasteiger partial charge in [0, 0.05) is 12.3 Å². The van der Waals surface area contributed by atoms with Crippen molar-refractivity contribution in [1.82, 2.24) is 4.90 Å². The minimum atomic E-state index is 0.988. The SMILES string of the molecule is CC(C)=NCCN1CCCC1. The maximum atomic E-state index is 4.36. The first-order chi connectivity index (χ1) is 5.29. The van der Waals surface area contributed by atoms with Gasteiger partial charge in [0.2, 0.25) is 0 Å². The van der Waals surface area contributed by atoms with Crippen LogP contribution in [-0.2, 0) is 0 Å². The average molecular weight is 154 g/mol. The highest BCUT2D eigenvalue weighted by atomic mass is 15.1. The van der Waals surface area contributed by atoms with Gasteiger partial charge in [0.05, 0.1) is 6.54 Å². The first kappa shape index (κ1) is 8.72. The molecule has 0 saturated carbocycles. The zero-order valence-electron chi connectivity index (χ0n) is 7.64. The van der Waals surface area contributed by atoms with E-state index in [1.807, 2.05) is 0 Å². The molecule has 0 bridgehead atoms. The van der Waals surface area contributed by atoms with Crippen LogP contribution in [0.2, 0.25) is 0 Å². The molecule has 0 radical (unpaired) electrons. The lowest BCUT2D eigenvalue weighted by molar-refractivity contribution is 0.349. The van der Waals surface area contributed by atoms with E-state index in [4.69, 9.17) is 0 Å². The molecule has 0 aromatic rings. The second-order valence-corrected chi connectivity index (χ2v) is 3.38. The smallest absolute Gasteiger partial charge is 0.0515 e. The van der Waals surface area contributed by atoms with Gasteiger partial charge in [-0.15, -0.1) is 0 Å². The van der Waals surface area contributed by atoms with Crippen molar-refractivity contribution in [2.45, 2.75) is 26.7 Å². The van der Waals surface area contributed by atoms with Crippen LogP contribution in [-0.4, -0.2) is 36.8 Å². The average Bonchev–Trinajstić information content (AvgIpc) is 2.39. The second-order valence-electron chi connectivity index (χ2n) is 3.38. The molecule has 1 aliphatic rings. The Balaban J connectivity index is 2.07. The second kappa shape index (κ2) is 4.50. The maximum absolute atomic E-state index is 4.36. The summed E-state index contributed by atoms with van der Waals surface area (Å²) in [6.45, 7) is 8.85. The first-order valence-electron chi connectivity index (χ1n) is 4.49. The van der Waals surface area contributed by atoms with Gasteiger partial charge in [-0.3, -0.25) is 4.99 Å². The highest BCUT2D eigenvalue weighted by Crippen LogP contribution is 2.05. The zero-order valence-corrected chi connectivity index (χ0v) is 7.64. The summed E-state index contributed by atoms with van der Waals surface area (Å²) in [5, 5.41) is 0. The number of nitrogens with zero attached hydrogens (tertiary/aromatic N) is 2. The van der Waals surface area contributed by atoms with Crippen molar-refractivity contribution < 1.29 is 0 Å². The molecule has 0 aromatic carbocycles. The molecule has 2 nitrogen and oxygen atoms in total. The molecule has 0 atom stereocenters. The number of rotatable bonds is 3. The fourth-order valence-electron chi connectivity index (χ4n) is 1.42. The summed E-state index contributed by atoms with van der Waals surface area (Å²) >= 11 is 0. The number of hydrogen-bond donors (Lipinski definition) is 0. The molecule has 1 rings (SSSR count). The molecular weight excluding hydrogens is 136 g/mol. The van der Waals surface area contributed by atoms with Crippen LogP contribution in [0, 0.1) is 0 Å². The van der Waals surface area contributed by atoms with Crippen molar-refractivity contribution in [3.8, 4) is 0 Å². The van der Waals surface area contributed by atoms with Gasteiger partial charge in [-0.1, -0.05) is 0 Å². The quantitative estimate of drug-likeness (QED) is 0.563. The van der Waals surface area contributed by atoms with E-state index >= 15 is 0 Å². The minimum absolute atomic E-state index is 0.988.